The van der Waals surface area contributed by atoms with Gasteiger partial charge < -0.3 is 10.2 Å². The molecule has 1 aromatic heterocycles. The van der Waals surface area contributed by atoms with E-state index in [0.29, 0.717) is 13.0 Å². The van der Waals surface area contributed by atoms with Crippen molar-refractivity contribution >= 4 is 17.5 Å². The first kappa shape index (κ1) is 13.1. The summed E-state index contributed by atoms with van der Waals surface area (Å²) < 4.78 is 0. The number of hydrogen-bond donors (Lipinski definition) is 1. The van der Waals surface area contributed by atoms with E-state index in [2.05, 4.69) is 10.3 Å². The highest BCUT2D eigenvalue weighted by molar-refractivity contribution is 6.04. The minimum atomic E-state index is -0.685. The summed E-state index contributed by atoms with van der Waals surface area (Å²) in [6.45, 7) is 2.39. The van der Waals surface area contributed by atoms with Crippen LogP contribution in [0.25, 0.3) is 0 Å². The zero-order valence-electron chi connectivity index (χ0n) is 11.7. The Morgan fingerprint density at radius 2 is 2.05 bits per heavy atom. The van der Waals surface area contributed by atoms with Crippen molar-refractivity contribution in [1.29, 1.82) is 0 Å². The zero-order valence-corrected chi connectivity index (χ0v) is 11.7. The summed E-state index contributed by atoms with van der Waals surface area (Å²) in [7, 11) is 0. The maximum Gasteiger partial charge on any atom is 0.252 e. The van der Waals surface area contributed by atoms with Crippen LogP contribution in [0, 0.1) is 6.92 Å². The molecule has 0 bridgehead atoms. The lowest BCUT2D eigenvalue weighted by molar-refractivity contribution is -0.129. The van der Waals surface area contributed by atoms with E-state index in [1.54, 1.807) is 17.3 Å². The first-order valence-corrected chi connectivity index (χ1v) is 7.16. The van der Waals surface area contributed by atoms with Gasteiger partial charge in [0.2, 0.25) is 5.91 Å². The summed E-state index contributed by atoms with van der Waals surface area (Å²) in [5.74, 6) is 0.00115. The number of anilines is 1. The van der Waals surface area contributed by atoms with E-state index in [-0.39, 0.29) is 11.8 Å². The molecular weight excluding hydrogens is 254 g/mol. The van der Waals surface area contributed by atoms with Gasteiger partial charge in [-0.25, -0.2) is 0 Å². The number of carbonyl (C=O) groups excluding carboxylic acids is 2. The molecule has 2 heterocycles. The Kier molecular flexibility index (Phi) is 3.20. The zero-order chi connectivity index (χ0) is 14.2. The molecule has 0 unspecified atom stereocenters. The standard InChI is InChI=1S/C15H19N3O2/c1-11-4-8-16-10-12(11)18-9-5-13(19)17-15(14(18)20)6-2-3-7-15/h4,8,10H,2-3,5-7,9H2,1H3,(H,17,19). The van der Waals surface area contributed by atoms with Crippen molar-refractivity contribution in [3.63, 3.8) is 0 Å². The number of carbonyl (C=O) groups is 2. The second-order valence-electron chi connectivity index (χ2n) is 5.71. The molecule has 5 nitrogen and oxygen atoms in total. The molecule has 1 spiro atoms. The molecule has 1 aliphatic heterocycles. The first-order valence-electron chi connectivity index (χ1n) is 7.16. The lowest BCUT2D eigenvalue weighted by Gasteiger charge is -2.32. The molecule has 1 aliphatic carbocycles. The smallest absolute Gasteiger partial charge is 0.252 e. The number of nitrogens with zero attached hydrogens (tertiary/aromatic N) is 2. The maximum absolute atomic E-state index is 13.0. The van der Waals surface area contributed by atoms with Crippen LogP contribution in [-0.2, 0) is 9.59 Å². The fourth-order valence-corrected chi connectivity index (χ4v) is 3.24. The van der Waals surface area contributed by atoms with Gasteiger partial charge >= 0.3 is 0 Å². The molecule has 0 aromatic carbocycles. The van der Waals surface area contributed by atoms with E-state index >= 15 is 0 Å². The van der Waals surface area contributed by atoms with Gasteiger partial charge in [-0.2, -0.15) is 0 Å². The van der Waals surface area contributed by atoms with Crippen LogP contribution < -0.4 is 10.2 Å². The van der Waals surface area contributed by atoms with E-state index < -0.39 is 5.54 Å². The summed E-state index contributed by atoms with van der Waals surface area (Å²) in [6, 6.07) is 1.89. The minimum absolute atomic E-state index is 0.0238. The van der Waals surface area contributed by atoms with Gasteiger partial charge in [0.1, 0.15) is 5.54 Å². The molecule has 20 heavy (non-hydrogen) atoms. The number of aromatic nitrogens is 1. The van der Waals surface area contributed by atoms with Crippen molar-refractivity contribution < 1.29 is 9.59 Å². The Labute approximate surface area is 118 Å². The highest BCUT2D eigenvalue weighted by Gasteiger charge is 2.46. The second kappa shape index (κ2) is 4.89. The van der Waals surface area contributed by atoms with E-state index in [1.165, 1.54) is 0 Å². The highest BCUT2D eigenvalue weighted by atomic mass is 16.2. The highest BCUT2D eigenvalue weighted by Crippen LogP contribution is 2.35. The predicted molar refractivity (Wildman–Crippen MR) is 75.3 cm³/mol. The third-order valence-electron chi connectivity index (χ3n) is 4.36. The molecule has 1 saturated carbocycles. The molecule has 106 valence electrons. The van der Waals surface area contributed by atoms with Crippen molar-refractivity contribution in [2.45, 2.75) is 44.6 Å². The maximum atomic E-state index is 13.0. The number of hydrogen-bond acceptors (Lipinski definition) is 3. The average Bonchev–Trinajstić information content (AvgIpc) is 2.85. The second-order valence-corrected chi connectivity index (χ2v) is 5.71. The Hall–Kier alpha value is -1.91. The van der Waals surface area contributed by atoms with Gasteiger partial charge in [-0.05, 0) is 31.4 Å². The third-order valence-corrected chi connectivity index (χ3v) is 4.36. The van der Waals surface area contributed by atoms with Crippen LogP contribution in [0.5, 0.6) is 0 Å². The van der Waals surface area contributed by atoms with Crippen molar-refractivity contribution in [2.75, 3.05) is 11.4 Å². The Morgan fingerprint density at radius 1 is 1.30 bits per heavy atom. The monoisotopic (exact) mass is 273 g/mol. The summed E-state index contributed by atoms with van der Waals surface area (Å²) >= 11 is 0. The van der Waals surface area contributed by atoms with Gasteiger partial charge in [-0.1, -0.05) is 12.8 Å². The van der Waals surface area contributed by atoms with Crippen molar-refractivity contribution in [1.82, 2.24) is 10.3 Å². The van der Waals surface area contributed by atoms with Crippen LogP contribution in [-0.4, -0.2) is 28.9 Å². The molecule has 0 atom stereocenters. The van der Waals surface area contributed by atoms with Crippen LogP contribution in [0.15, 0.2) is 18.5 Å². The summed E-state index contributed by atoms with van der Waals surface area (Å²) in [6.07, 6.45) is 7.25. The van der Waals surface area contributed by atoms with Gasteiger partial charge in [-0.15, -0.1) is 0 Å². The molecule has 1 aromatic rings. The Balaban J connectivity index is 2.00. The Morgan fingerprint density at radius 3 is 2.75 bits per heavy atom. The lowest BCUT2D eigenvalue weighted by atomic mass is 9.95. The number of pyridine rings is 1. The number of nitrogens with one attached hydrogen (secondary N) is 1. The summed E-state index contributed by atoms with van der Waals surface area (Å²) in [5, 5.41) is 2.97. The normalized spacial score (nSPS) is 21.9. The first-order chi connectivity index (χ1) is 9.62. The Bertz CT molecular complexity index is 550. The van der Waals surface area contributed by atoms with Gasteiger partial charge in [0.15, 0.2) is 0 Å². The molecule has 2 fully saturated rings. The fourth-order valence-electron chi connectivity index (χ4n) is 3.24. The van der Waals surface area contributed by atoms with E-state index in [9.17, 15) is 9.59 Å². The van der Waals surface area contributed by atoms with Crippen LogP contribution in [0.3, 0.4) is 0 Å². The largest absolute Gasteiger partial charge is 0.342 e. The van der Waals surface area contributed by atoms with Crippen molar-refractivity contribution in [3.05, 3.63) is 24.0 Å². The summed E-state index contributed by atoms with van der Waals surface area (Å²) in [4.78, 5) is 30.8. The van der Waals surface area contributed by atoms with Gasteiger partial charge in [0.25, 0.3) is 5.91 Å². The summed E-state index contributed by atoms with van der Waals surface area (Å²) in [5.41, 5.74) is 1.15. The van der Waals surface area contributed by atoms with Crippen LogP contribution in [0.2, 0.25) is 0 Å². The average molecular weight is 273 g/mol. The van der Waals surface area contributed by atoms with Gasteiger partial charge in [-0.3, -0.25) is 14.6 Å². The number of amides is 2. The van der Waals surface area contributed by atoms with Crippen LogP contribution in [0.1, 0.15) is 37.7 Å². The topological polar surface area (TPSA) is 62.3 Å². The molecule has 3 rings (SSSR count). The molecule has 0 radical (unpaired) electrons. The molecule has 2 amide bonds. The quantitative estimate of drug-likeness (QED) is 0.844. The van der Waals surface area contributed by atoms with E-state index in [0.717, 1.165) is 36.9 Å². The van der Waals surface area contributed by atoms with Crippen LogP contribution >= 0.6 is 0 Å². The molecule has 1 N–H and O–H groups in total. The van der Waals surface area contributed by atoms with Crippen LogP contribution in [0.4, 0.5) is 5.69 Å². The number of rotatable bonds is 1. The van der Waals surface area contributed by atoms with Crippen molar-refractivity contribution in [3.8, 4) is 0 Å². The fraction of sp³-hybridized carbons (Fsp3) is 0.533. The minimum Gasteiger partial charge on any atom is -0.342 e. The molecule has 5 heteroatoms. The SMILES string of the molecule is Cc1ccncc1N1CCC(=O)NC2(CCCC2)C1=O. The van der Waals surface area contributed by atoms with Crippen molar-refractivity contribution in [2.24, 2.45) is 0 Å². The van der Waals surface area contributed by atoms with E-state index in [4.69, 9.17) is 0 Å². The predicted octanol–water partition coefficient (Wildman–Crippen LogP) is 1.56. The van der Waals surface area contributed by atoms with Gasteiger partial charge in [0.05, 0.1) is 11.9 Å². The number of aryl methyl sites for hydroxylation is 1. The third kappa shape index (κ3) is 2.07. The molecule has 2 aliphatic rings. The lowest BCUT2D eigenvalue weighted by Crippen LogP contribution is -2.55. The van der Waals surface area contributed by atoms with Gasteiger partial charge in [0, 0.05) is 19.2 Å². The molecular formula is C15H19N3O2. The van der Waals surface area contributed by atoms with E-state index in [1.807, 2.05) is 13.0 Å². The molecule has 1 saturated heterocycles.